The molecule has 60 heavy (non-hydrogen) atoms. The first-order valence-electron chi connectivity index (χ1n) is 21.3. The van der Waals surface area contributed by atoms with Crippen LogP contribution in [0.25, 0.3) is 0 Å². The lowest BCUT2D eigenvalue weighted by molar-refractivity contribution is -0.230. The number of alkyl halides is 2. The standard InChI is InChI=1S/C40H65F2N6O11P/c1-4-5-6-7-8-9-10-11-12-13-14-15-16-17-18-20-46(25-30-36(59-60(53,54)56-3)35(42)38(57-30)47-21-19-32(43)45-40(47)52)33(50)22-29-31(27-55-2)58-37(34(29)41)48-24-28(26-49)23-44-39(48)51/h19,21,24,26,29-31,34-38H,4-18,20,22-23,25,27H2,1-3H3,(H,44,51)(H,53,54)(H2,43,45,52)/p-1/t29-,30-,31-,34-,35-,36-,37-,38-/m1/s1. The van der Waals surface area contributed by atoms with E-state index < -0.39 is 87.4 Å². The molecule has 2 fully saturated rings. The monoisotopic (exact) mass is 873 g/mol. The molecule has 1 aromatic rings. The number of methoxy groups -OCH3 is 1. The Morgan fingerprint density at radius 2 is 1.58 bits per heavy atom. The molecule has 17 nitrogen and oxygen atoms in total. The Hall–Kier alpha value is -3.32. The van der Waals surface area contributed by atoms with E-state index >= 15 is 8.78 Å². The summed E-state index contributed by atoms with van der Waals surface area (Å²) in [5.74, 6) is -1.84. The quantitative estimate of drug-likeness (QED) is 0.0639. The summed E-state index contributed by atoms with van der Waals surface area (Å²) in [4.78, 5) is 69.5. The minimum absolute atomic E-state index is 0.0373. The SMILES string of the molecule is CCCCCCCCCCCCCCCCCN(C[C@H]1O[C@@H](n2ccc(N)nc2=O)[C@H](F)[C@@H]1OP(=O)([O-])OC)C(=O)C[C@H]1[C@@H](F)[C@H](N2C=C(C=O)CNC2=O)O[C@@H]1COC. The van der Waals surface area contributed by atoms with Crippen molar-refractivity contribution in [2.75, 3.05) is 46.2 Å². The lowest BCUT2D eigenvalue weighted by atomic mass is 9.94. The Bertz CT molecular complexity index is 1660. The minimum atomic E-state index is -5.08. The molecular weight excluding hydrogens is 809 g/mol. The van der Waals surface area contributed by atoms with Gasteiger partial charge in [0.15, 0.2) is 24.8 Å². The summed E-state index contributed by atoms with van der Waals surface area (Å²) in [6, 6.07) is 0.554. The zero-order valence-corrected chi connectivity index (χ0v) is 36.0. The lowest BCUT2D eigenvalue weighted by Crippen LogP contribution is -2.50. The molecule has 0 bridgehead atoms. The number of phosphoric ester groups is 1. The number of nitrogens with two attached hydrogens (primary N) is 1. The maximum Gasteiger partial charge on any atom is 0.351 e. The van der Waals surface area contributed by atoms with Crippen molar-refractivity contribution < 1.29 is 55.9 Å². The number of amides is 3. The number of urea groups is 1. The predicted molar refractivity (Wildman–Crippen MR) is 216 cm³/mol. The number of aromatic nitrogens is 2. The fraction of sp³-hybridized carbons (Fsp3) is 0.775. The van der Waals surface area contributed by atoms with Crippen molar-refractivity contribution in [2.24, 2.45) is 5.92 Å². The number of nitrogens with zero attached hydrogens (tertiary/aromatic N) is 4. The maximum atomic E-state index is 16.4. The van der Waals surface area contributed by atoms with Gasteiger partial charge < -0.3 is 44.1 Å². The van der Waals surface area contributed by atoms with E-state index in [9.17, 15) is 28.6 Å². The number of rotatable bonds is 28. The number of aldehydes is 1. The molecule has 20 heteroatoms. The number of hydrogen-bond acceptors (Lipinski definition) is 13. The van der Waals surface area contributed by atoms with Crippen LogP contribution < -0.4 is 21.6 Å². The van der Waals surface area contributed by atoms with Gasteiger partial charge in [0, 0.05) is 64.2 Å². The van der Waals surface area contributed by atoms with Gasteiger partial charge in [-0.15, -0.1) is 0 Å². The first kappa shape index (κ1) is 49.3. The Balaban J connectivity index is 1.46. The molecule has 3 N–H and O–H groups in total. The van der Waals surface area contributed by atoms with E-state index in [-0.39, 0.29) is 31.1 Å². The third-order valence-electron chi connectivity index (χ3n) is 11.3. The van der Waals surface area contributed by atoms with Crippen LogP contribution in [0.15, 0.2) is 28.8 Å². The molecule has 0 saturated carbocycles. The maximum absolute atomic E-state index is 16.4. The van der Waals surface area contributed by atoms with Gasteiger partial charge in [-0.2, -0.15) is 4.98 Å². The highest BCUT2D eigenvalue weighted by Crippen LogP contribution is 2.45. The smallest absolute Gasteiger partial charge is 0.351 e. The van der Waals surface area contributed by atoms with Gasteiger partial charge in [0.2, 0.25) is 5.91 Å². The van der Waals surface area contributed by atoms with Crippen LogP contribution >= 0.6 is 7.82 Å². The summed E-state index contributed by atoms with van der Waals surface area (Å²) >= 11 is 0. The Kier molecular flexibility index (Phi) is 20.5. The van der Waals surface area contributed by atoms with Crippen molar-refractivity contribution in [2.45, 2.75) is 153 Å². The number of nitrogen functional groups attached to an aromatic ring is 1. The molecule has 0 radical (unpaired) electrons. The van der Waals surface area contributed by atoms with Crippen LogP contribution in [0.2, 0.25) is 0 Å². The van der Waals surface area contributed by atoms with E-state index in [0.29, 0.717) is 12.7 Å². The molecule has 3 aliphatic rings. The summed E-state index contributed by atoms with van der Waals surface area (Å²) in [6.07, 6.45) is 7.71. The molecule has 4 heterocycles. The van der Waals surface area contributed by atoms with E-state index in [1.165, 1.54) is 82.1 Å². The first-order chi connectivity index (χ1) is 28.8. The van der Waals surface area contributed by atoms with Gasteiger partial charge in [-0.3, -0.25) is 23.6 Å². The van der Waals surface area contributed by atoms with Crippen LogP contribution in [-0.4, -0.2) is 115 Å². The van der Waals surface area contributed by atoms with Crippen molar-refractivity contribution >= 4 is 31.9 Å². The van der Waals surface area contributed by atoms with Crippen molar-refractivity contribution in [1.29, 1.82) is 0 Å². The molecule has 0 aromatic carbocycles. The van der Waals surface area contributed by atoms with Gasteiger partial charge in [0.1, 0.15) is 24.3 Å². The summed E-state index contributed by atoms with van der Waals surface area (Å²) in [7, 11) is -2.86. The topological polar surface area (TPSA) is 217 Å². The van der Waals surface area contributed by atoms with E-state index in [0.717, 1.165) is 54.9 Å². The molecule has 3 aliphatic heterocycles. The van der Waals surface area contributed by atoms with Crippen LogP contribution in [-0.2, 0) is 37.4 Å². The molecule has 1 aromatic heterocycles. The van der Waals surface area contributed by atoms with Gasteiger partial charge in [0.05, 0.1) is 12.7 Å². The number of nitrogens with one attached hydrogen (secondary N) is 1. The zero-order valence-electron chi connectivity index (χ0n) is 35.1. The average Bonchev–Trinajstić information content (AvgIpc) is 3.68. The molecule has 340 valence electrons. The number of hydrogen-bond donors (Lipinski definition) is 2. The van der Waals surface area contributed by atoms with Crippen LogP contribution in [0.1, 0.15) is 116 Å². The molecule has 2 saturated heterocycles. The van der Waals surface area contributed by atoms with Crippen molar-refractivity contribution in [1.82, 2.24) is 24.7 Å². The molecular formula is C40H64F2N6O11P-. The second-order valence-corrected chi connectivity index (χ2v) is 17.2. The Morgan fingerprint density at radius 3 is 2.15 bits per heavy atom. The number of unbranched alkanes of at least 4 members (excludes halogenated alkanes) is 14. The lowest BCUT2D eigenvalue weighted by Gasteiger charge is -2.32. The number of carbonyl (C=O) groups is 3. The van der Waals surface area contributed by atoms with Crippen LogP contribution in [0.5, 0.6) is 0 Å². The van der Waals surface area contributed by atoms with E-state index in [1.54, 1.807) is 0 Å². The number of ether oxygens (including phenoxy) is 3. The van der Waals surface area contributed by atoms with Crippen molar-refractivity contribution in [3.8, 4) is 0 Å². The van der Waals surface area contributed by atoms with Crippen LogP contribution in [0, 0.1) is 5.92 Å². The van der Waals surface area contributed by atoms with Gasteiger partial charge in [-0.25, -0.2) is 18.4 Å². The molecule has 0 aliphatic carbocycles. The van der Waals surface area contributed by atoms with Gasteiger partial charge in [0.25, 0.3) is 7.82 Å². The highest BCUT2D eigenvalue weighted by molar-refractivity contribution is 7.45. The molecule has 3 amide bonds. The summed E-state index contributed by atoms with van der Waals surface area (Å²) in [5.41, 5.74) is 4.84. The molecule has 1 unspecified atom stereocenters. The third kappa shape index (κ3) is 14.4. The Morgan fingerprint density at radius 1 is 0.983 bits per heavy atom. The van der Waals surface area contributed by atoms with Gasteiger partial charge >= 0.3 is 11.7 Å². The van der Waals surface area contributed by atoms with E-state index in [1.807, 2.05) is 0 Å². The summed E-state index contributed by atoms with van der Waals surface area (Å²) in [6.45, 7) is 1.78. The summed E-state index contributed by atoms with van der Waals surface area (Å²) < 4.78 is 72.6. The number of halogens is 2. The third-order valence-corrected chi connectivity index (χ3v) is 12.2. The van der Waals surface area contributed by atoms with Crippen molar-refractivity contribution in [3.63, 3.8) is 0 Å². The largest absolute Gasteiger partial charge is 0.756 e. The molecule has 0 spiro atoms. The second-order valence-electron chi connectivity index (χ2n) is 15.8. The molecule has 4 rings (SSSR count). The fourth-order valence-electron chi connectivity index (χ4n) is 7.92. The number of phosphoric acid groups is 1. The van der Waals surface area contributed by atoms with Crippen molar-refractivity contribution in [3.05, 3.63) is 34.5 Å². The normalized spacial score (nSPS) is 26.5. The fourth-order valence-corrected chi connectivity index (χ4v) is 8.55. The minimum Gasteiger partial charge on any atom is -0.756 e. The van der Waals surface area contributed by atoms with Crippen LogP contribution in [0.3, 0.4) is 0 Å². The molecule has 9 atom stereocenters. The first-order valence-corrected chi connectivity index (χ1v) is 22.8. The number of carbonyl (C=O) groups excluding carboxylic acids is 3. The highest BCUT2D eigenvalue weighted by atomic mass is 31.2. The second kappa shape index (κ2) is 25.0. The zero-order chi connectivity index (χ0) is 43.7. The van der Waals surface area contributed by atoms with Gasteiger partial charge in [-0.1, -0.05) is 96.8 Å². The predicted octanol–water partition coefficient (Wildman–Crippen LogP) is 5.08. The van der Waals surface area contributed by atoms with E-state index in [2.05, 4.69) is 21.7 Å². The number of anilines is 1. The Labute approximate surface area is 351 Å². The van der Waals surface area contributed by atoms with Crippen LogP contribution in [0.4, 0.5) is 19.4 Å². The average molecular weight is 874 g/mol. The van der Waals surface area contributed by atoms with Gasteiger partial charge in [-0.05, 0) is 12.5 Å². The highest BCUT2D eigenvalue weighted by Gasteiger charge is 2.52. The van der Waals surface area contributed by atoms with E-state index in [4.69, 9.17) is 24.5 Å². The summed E-state index contributed by atoms with van der Waals surface area (Å²) in [5, 5.41) is 2.50.